The molecule has 0 aliphatic heterocycles. The first-order valence-corrected chi connectivity index (χ1v) is 10.2. The van der Waals surface area contributed by atoms with Crippen molar-refractivity contribution in [2.24, 2.45) is 0 Å². The molecule has 0 amide bonds. The van der Waals surface area contributed by atoms with Crippen molar-refractivity contribution in [1.29, 1.82) is 0 Å². The van der Waals surface area contributed by atoms with Crippen molar-refractivity contribution in [3.8, 4) is 11.4 Å². The largest absolute Gasteiger partial charge is 0.236 e. The number of hydrogen-bond donors (Lipinski definition) is 0. The zero-order valence-electron chi connectivity index (χ0n) is 15.7. The number of rotatable bonds is 11. The Morgan fingerprint density at radius 3 is 2.04 bits per heavy atom. The molecule has 0 aliphatic rings. The fourth-order valence-corrected chi connectivity index (χ4v) is 3.32. The number of halogens is 1. The third-order valence-electron chi connectivity index (χ3n) is 4.62. The van der Waals surface area contributed by atoms with Gasteiger partial charge in [0.05, 0.1) is 5.02 Å². The first kappa shape index (κ1) is 19.9. The number of benzene rings is 1. The smallest absolute Gasteiger partial charge is 0.160 e. The van der Waals surface area contributed by atoms with Gasteiger partial charge in [-0.2, -0.15) is 0 Å². The molecule has 0 saturated heterocycles. The van der Waals surface area contributed by atoms with Crippen LogP contribution in [0.2, 0.25) is 5.02 Å². The van der Waals surface area contributed by atoms with E-state index in [1.54, 1.807) is 0 Å². The minimum absolute atomic E-state index is 0.721. The van der Waals surface area contributed by atoms with Gasteiger partial charge in [0, 0.05) is 18.0 Å². The summed E-state index contributed by atoms with van der Waals surface area (Å²) in [6.07, 6.45) is 16.2. The Bertz CT molecular complexity index is 622. The molecule has 1 aromatic carbocycles. The van der Waals surface area contributed by atoms with Gasteiger partial charge >= 0.3 is 0 Å². The molecule has 0 spiro atoms. The maximum absolute atomic E-state index is 6.49. The molecular weight excluding hydrogens is 328 g/mol. The van der Waals surface area contributed by atoms with Crippen molar-refractivity contribution >= 4 is 11.6 Å². The third-order valence-corrected chi connectivity index (χ3v) is 4.93. The van der Waals surface area contributed by atoms with Gasteiger partial charge in [0.15, 0.2) is 5.82 Å². The predicted octanol–water partition coefficient (Wildman–Crippen LogP) is 7.04. The van der Waals surface area contributed by atoms with Crippen LogP contribution in [0.5, 0.6) is 0 Å². The Hall–Kier alpha value is -1.41. The van der Waals surface area contributed by atoms with E-state index in [0.29, 0.717) is 0 Å². The van der Waals surface area contributed by atoms with Crippen molar-refractivity contribution in [2.75, 3.05) is 0 Å². The lowest BCUT2D eigenvalue weighted by atomic mass is 10.0. The van der Waals surface area contributed by atoms with Crippen molar-refractivity contribution in [1.82, 2.24) is 9.97 Å². The van der Waals surface area contributed by atoms with E-state index in [2.05, 4.69) is 42.0 Å². The van der Waals surface area contributed by atoms with Crippen LogP contribution in [0, 0.1) is 0 Å². The van der Waals surface area contributed by atoms with Gasteiger partial charge in [-0.1, -0.05) is 70.0 Å². The quantitative estimate of drug-likeness (QED) is 0.402. The Labute approximate surface area is 158 Å². The summed E-state index contributed by atoms with van der Waals surface area (Å²) in [6, 6.07) is 6.31. The van der Waals surface area contributed by atoms with E-state index in [9.17, 15) is 0 Å². The molecule has 2 rings (SSSR count). The highest BCUT2D eigenvalue weighted by Crippen LogP contribution is 2.27. The number of nitrogens with zero attached hydrogens (tertiary/aromatic N) is 2. The van der Waals surface area contributed by atoms with E-state index in [-0.39, 0.29) is 0 Å². The summed E-state index contributed by atoms with van der Waals surface area (Å²) in [6.45, 7) is 4.47. The highest BCUT2D eigenvalue weighted by molar-refractivity contribution is 6.33. The molecule has 0 atom stereocenters. The van der Waals surface area contributed by atoms with Crippen molar-refractivity contribution in [3.63, 3.8) is 0 Å². The molecular formula is C22H31ClN2. The lowest BCUT2D eigenvalue weighted by molar-refractivity contribution is 0.632. The average molecular weight is 359 g/mol. The van der Waals surface area contributed by atoms with Crippen LogP contribution in [-0.4, -0.2) is 9.97 Å². The fraction of sp³-hybridized carbons (Fsp3) is 0.545. The first-order chi connectivity index (χ1) is 12.2. The van der Waals surface area contributed by atoms with Crippen LogP contribution in [0.15, 0.2) is 30.6 Å². The minimum Gasteiger partial charge on any atom is -0.236 e. The van der Waals surface area contributed by atoms with Crippen LogP contribution in [0.3, 0.4) is 0 Å². The molecule has 0 saturated carbocycles. The highest BCUT2D eigenvalue weighted by atomic mass is 35.5. The first-order valence-electron chi connectivity index (χ1n) is 9.84. The van der Waals surface area contributed by atoms with Crippen molar-refractivity contribution < 1.29 is 0 Å². The Balaban J connectivity index is 1.93. The average Bonchev–Trinajstić information content (AvgIpc) is 2.63. The third kappa shape index (κ3) is 6.78. The monoisotopic (exact) mass is 358 g/mol. The Kier molecular flexibility index (Phi) is 8.96. The second-order valence-electron chi connectivity index (χ2n) is 6.85. The topological polar surface area (TPSA) is 25.8 Å². The molecule has 0 aliphatic carbocycles. The van der Waals surface area contributed by atoms with Gasteiger partial charge in [-0.15, -0.1) is 0 Å². The zero-order valence-corrected chi connectivity index (χ0v) is 16.5. The summed E-state index contributed by atoms with van der Waals surface area (Å²) in [5.74, 6) is 0.721. The maximum Gasteiger partial charge on any atom is 0.160 e. The second kappa shape index (κ2) is 11.3. The van der Waals surface area contributed by atoms with Crippen LogP contribution >= 0.6 is 11.6 Å². The summed E-state index contributed by atoms with van der Waals surface area (Å²) in [7, 11) is 0. The molecule has 0 radical (unpaired) electrons. The standard InChI is InChI=1S/C22H31ClN2/c1-3-5-7-8-10-11-18-13-14-20(21(23)15-18)22-24-16-19(17-25-22)12-9-6-4-2/h13-17H,3-12H2,1-2H3. The summed E-state index contributed by atoms with van der Waals surface area (Å²) in [5.41, 5.74) is 3.44. The van der Waals surface area contributed by atoms with Gasteiger partial charge < -0.3 is 0 Å². The second-order valence-corrected chi connectivity index (χ2v) is 7.26. The number of hydrogen-bond acceptors (Lipinski definition) is 2. The van der Waals surface area contributed by atoms with Gasteiger partial charge in [-0.25, -0.2) is 9.97 Å². The van der Waals surface area contributed by atoms with E-state index >= 15 is 0 Å². The van der Waals surface area contributed by atoms with Crippen LogP contribution in [0.1, 0.15) is 76.3 Å². The number of aryl methyl sites for hydroxylation is 2. The molecule has 0 N–H and O–H groups in total. The molecule has 0 bridgehead atoms. The molecule has 3 heteroatoms. The molecule has 0 unspecified atom stereocenters. The highest BCUT2D eigenvalue weighted by Gasteiger charge is 2.08. The van der Waals surface area contributed by atoms with E-state index in [1.807, 2.05) is 12.4 Å². The number of unbranched alkanes of at least 4 members (excludes halogenated alkanes) is 6. The van der Waals surface area contributed by atoms with Crippen LogP contribution in [0.4, 0.5) is 0 Å². The van der Waals surface area contributed by atoms with E-state index in [0.717, 1.165) is 29.3 Å². The summed E-state index contributed by atoms with van der Waals surface area (Å²) in [5, 5.41) is 0.754. The van der Waals surface area contributed by atoms with Crippen LogP contribution in [-0.2, 0) is 12.8 Å². The molecule has 0 fully saturated rings. The summed E-state index contributed by atoms with van der Waals surface area (Å²) >= 11 is 6.49. The van der Waals surface area contributed by atoms with Gasteiger partial charge in [0.1, 0.15) is 0 Å². The normalized spacial score (nSPS) is 11.0. The predicted molar refractivity (Wildman–Crippen MR) is 108 cm³/mol. The lowest BCUT2D eigenvalue weighted by Crippen LogP contribution is -1.94. The van der Waals surface area contributed by atoms with Crippen molar-refractivity contribution in [2.45, 2.75) is 78.1 Å². The SMILES string of the molecule is CCCCCCCc1ccc(-c2ncc(CCCCC)cn2)c(Cl)c1. The van der Waals surface area contributed by atoms with Crippen molar-refractivity contribution in [3.05, 3.63) is 46.7 Å². The summed E-state index contributed by atoms with van der Waals surface area (Å²) in [4.78, 5) is 9.04. The molecule has 2 nitrogen and oxygen atoms in total. The molecule has 1 aromatic heterocycles. The van der Waals surface area contributed by atoms with Gasteiger partial charge in [0.25, 0.3) is 0 Å². The van der Waals surface area contributed by atoms with Crippen LogP contribution < -0.4 is 0 Å². The molecule has 1 heterocycles. The zero-order chi connectivity index (χ0) is 17.9. The molecule has 136 valence electrons. The minimum atomic E-state index is 0.721. The van der Waals surface area contributed by atoms with E-state index in [1.165, 1.54) is 62.5 Å². The lowest BCUT2D eigenvalue weighted by Gasteiger charge is -2.07. The van der Waals surface area contributed by atoms with E-state index < -0.39 is 0 Å². The summed E-state index contributed by atoms with van der Waals surface area (Å²) < 4.78 is 0. The van der Waals surface area contributed by atoms with Gasteiger partial charge in [0.2, 0.25) is 0 Å². The van der Waals surface area contributed by atoms with E-state index in [4.69, 9.17) is 11.6 Å². The maximum atomic E-state index is 6.49. The Morgan fingerprint density at radius 2 is 1.36 bits per heavy atom. The van der Waals surface area contributed by atoms with Gasteiger partial charge in [-0.3, -0.25) is 0 Å². The number of aromatic nitrogens is 2. The molecule has 25 heavy (non-hydrogen) atoms. The van der Waals surface area contributed by atoms with Crippen LogP contribution in [0.25, 0.3) is 11.4 Å². The fourth-order valence-electron chi connectivity index (χ4n) is 3.03. The molecule has 2 aromatic rings. The van der Waals surface area contributed by atoms with Gasteiger partial charge in [-0.05, 0) is 48.9 Å². The Morgan fingerprint density at radius 1 is 0.760 bits per heavy atom.